The van der Waals surface area contributed by atoms with Crippen molar-refractivity contribution in [2.24, 2.45) is 0 Å². The fourth-order valence-electron chi connectivity index (χ4n) is 4.59. The highest BCUT2D eigenvalue weighted by molar-refractivity contribution is 5.70. The van der Waals surface area contributed by atoms with E-state index in [1.54, 1.807) is 0 Å². The molecular weight excluding hydrogens is 414 g/mol. The van der Waals surface area contributed by atoms with Gasteiger partial charge in [-0.1, -0.05) is 60.7 Å². The first-order chi connectivity index (χ1) is 15.5. The monoisotopic (exact) mass is 453 g/mol. The molecule has 4 atom stereocenters. The summed E-state index contributed by atoms with van der Waals surface area (Å²) in [7, 11) is 0. The van der Waals surface area contributed by atoms with Crippen molar-refractivity contribution < 1.29 is 19.0 Å². The molecule has 0 radical (unpaired) electrons. The van der Waals surface area contributed by atoms with Gasteiger partial charge in [-0.3, -0.25) is 9.69 Å². The van der Waals surface area contributed by atoms with Gasteiger partial charge in [-0.2, -0.15) is 0 Å². The molecule has 1 heterocycles. The van der Waals surface area contributed by atoms with Gasteiger partial charge >= 0.3 is 5.97 Å². The SMILES string of the molecule is C[C@@H]1OC(C)(C)O[C@@H]1[C@@H](CC(=O)OC(C)(C)C)N(Cc1ccccc1)[C@H](C)c1ccccc1. The van der Waals surface area contributed by atoms with Gasteiger partial charge in [-0.15, -0.1) is 0 Å². The van der Waals surface area contributed by atoms with Crippen molar-refractivity contribution in [1.29, 1.82) is 0 Å². The summed E-state index contributed by atoms with van der Waals surface area (Å²) >= 11 is 0. The van der Waals surface area contributed by atoms with Crippen molar-refractivity contribution in [2.75, 3.05) is 0 Å². The smallest absolute Gasteiger partial charge is 0.308 e. The fraction of sp³-hybridized carbons (Fsp3) is 0.536. The second-order valence-corrected chi connectivity index (χ2v) is 10.4. The fourth-order valence-corrected chi connectivity index (χ4v) is 4.59. The third-order valence-electron chi connectivity index (χ3n) is 5.94. The van der Waals surface area contributed by atoms with Gasteiger partial charge in [0.2, 0.25) is 0 Å². The van der Waals surface area contributed by atoms with Gasteiger partial charge in [0.05, 0.1) is 12.5 Å². The molecule has 2 aromatic carbocycles. The minimum absolute atomic E-state index is 0.0540. The summed E-state index contributed by atoms with van der Waals surface area (Å²) in [5.41, 5.74) is 1.82. The van der Waals surface area contributed by atoms with Crippen LogP contribution in [0.15, 0.2) is 60.7 Å². The predicted octanol–water partition coefficient (Wildman–Crippen LogP) is 5.89. The van der Waals surface area contributed by atoms with E-state index < -0.39 is 11.4 Å². The van der Waals surface area contributed by atoms with E-state index in [2.05, 4.69) is 48.2 Å². The van der Waals surface area contributed by atoms with Gasteiger partial charge in [0, 0.05) is 18.6 Å². The summed E-state index contributed by atoms with van der Waals surface area (Å²) in [6.07, 6.45) is -0.216. The Morgan fingerprint density at radius 3 is 2.12 bits per heavy atom. The Morgan fingerprint density at radius 1 is 1.03 bits per heavy atom. The van der Waals surface area contributed by atoms with E-state index in [1.165, 1.54) is 11.1 Å². The van der Waals surface area contributed by atoms with Crippen molar-refractivity contribution in [3.63, 3.8) is 0 Å². The van der Waals surface area contributed by atoms with Crippen LogP contribution in [-0.2, 0) is 25.5 Å². The lowest BCUT2D eigenvalue weighted by atomic mass is 9.96. The largest absolute Gasteiger partial charge is 0.460 e. The van der Waals surface area contributed by atoms with Crippen molar-refractivity contribution in [2.45, 2.75) is 97.1 Å². The molecule has 0 bridgehead atoms. The van der Waals surface area contributed by atoms with E-state index in [9.17, 15) is 4.79 Å². The Balaban J connectivity index is 2.00. The summed E-state index contributed by atoms with van der Waals surface area (Å²) in [4.78, 5) is 15.4. The molecule has 33 heavy (non-hydrogen) atoms. The highest BCUT2D eigenvalue weighted by Crippen LogP contribution is 2.36. The summed E-state index contributed by atoms with van der Waals surface area (Å²) in [6, 6.07) is 20.6. The van der Waals surface area contributed by atoms with Gasteiger partial charge in [0.15, 0.2) is 5.79 Å². The Hall–Kier alpha value is -2.21. The van der Waals surface area contributed by atoms with Crippen LogP contribution >= 0.6 is 0 Å². The first-order valence-electron chi connectivity index (χ1n) is 11.9. The van der Waals surface area contributed by atoms with Crippen LogP contribution in [0, 0.1) is 0 Å². The molecule has 2 aromatic rings. The van der Waals surface area contributed by atoms with Crippen LogP contribution in [0.25, 0.3) is 0 Å². The molecule has 5 nitrogen and oxygen atoms in total. The van der Waals surface area contributed by atoms with Crippen LogP contribution in [0.4, 0.5) is 0 Å². The average molecular weight is 454 g/mol. The van der Waals surface area contributed by atoms with Crippen LogP contribution in [0.3, 0.4) is 0 Å². The second-order valence-electron chi connectivity index (χ2n) is 10.4. The maximum absolute atomic E-state index is 13.1. The molecule has 5 heteroatoms. The van der Waals surface area contributed by atoms with Crippen molar-refractivity contribution in [1.82, 2.24) is 4.90 Å². The molecule has 0 unspecified atom stereocenters. The minimum atomic E-state index is -0.704. The molecule has 1 aliphatic rings. The lowest BCUT2D eigenvalue weighted by Crippen LogP contribution is -2.49. The highest BCUT2D eigenvalue weighted by atomic mass is 16.8. The Morgan fingerprint density at radius 2 is 1.61 bits per heavy atom. The summed E-state index contributed by atoms with van der Waals surface area (Å²) in [6.45, 7) is 14.4. The molecule has 0 N–H and O–H groups in total. The number of benzene rings is 2. The number of rotatable bonds is 8. The first-order valence-corrected chi connectivity index (χ1v) is 11.9. The highest BCUT2D eigenvalue weighted by Gasteiger charge is 2.46. The van der Waals surface area contributed by atoms with E-state index >= 15 is 0 Å². The minimum Gasteiger partial charge on any atom is -0.460 e. The van der Waals surface area contributed by atoms with Crippen LogP contribution < -0.4 is 0 Å². The predicted molar refractivity (Wildman–Crippen MR) is 131 cm³/mol. The zero-order valence-electron chi connectivity index (χ0n) is 21.1. The second kappa shape index (κ2) is 10.4. The Kier molecular flexibility index (Phi) is 7.99. The quantitative estimate of drug-likeness (QED) is 0.467. The van der Waals surface area contributed by atoms with Crippen molar-refractivity contribution >= 4 is 5.97 Å². The molecule has 1 aliphatic heterocycles. The lowest BCUT2D eigenvalue weighted by molar-refractivity contribution is -0.165. The summed E-state index contributed by atoms with van der Waals surface area (Å²) in [5, 5.41) is 0. The molecule has 1 fully saturated rings. The van der Waals surface area contributed by atoms with Gasteiger partial charge in [-0.25, -0.2) is 0 Å². The third-order valence-corrected chi connectivity index (χ3v) is 5.94. The van der Waals surface area contributed by atoms with Crippen molar-refractivity contribution in [3.8, 4) is 0 Å². The zero-order valence-corrected chi connectivity index (χ0v) is 21.1. The summed E-state index contributed by atoms with van der Waals surface area (Å²) in [5.74, 6) is -0.934. The van der Waals surface area contributed by atoms with Crippen LogP contribution in [0.1, 0.15) is 72.1 Å². The average Bonchev–Trinajstić information content (AvgIpc) is 3.02. The van der Waals surface area contributed by atoms with Gasteiger partial charge in [0.25, 0.3) is 0 Å². The van der Waals surface area contributed by atoms with E-state index in [-0.39, 0.29) is 36.7 Å². The van der Waals surface area contributed by atoms with Crippen LogP contribution in [0.2, 0.25) is 0 Å². The molecular formula is C28H39NO4. The molecule has 180 valence electrons. The summed E-state index contributed by atoms with van der Waals surface area (Å²) < 4.78 is 18.2. The molecule has 0 aliphatic carbocycles. The molecule has 1 saturated heterocycles. The van der Waals surface area contributed by atoms with Gasteiger partial charge in [0.1, 0.15) is 11.7 Å². The number of esters is 1. The van der Waals surface area contributed by atoms with E-state index in [0.29, 0.717) is 6.54 Å². The first kappa shape index (κ1) is 25.4. The van der Waals surface area contributed by atoms with E-state index in [4.69, 9.17) is 14.2 Å². The molecule has 0 saturated carbocycles. The van der Waals surface area contributed by atoms with E-state index in [1.807, 2.05) is 65.8 Å². The number of carbonyl (C=O) groups is 1. The standard InChI is InChI=1S/C28H39NO4/c1-20(23-16-12-9-13-17-23)29(19-22-14-10-8-11-15-22)24(18-25(30)32-27(3,4)5)26-21(2)31-28(6,7)33-26/h8-17,20-21,24,26H,18-19H2,1-7H3/t20-,21+,24-,26+/m1/s1. The number of hydrogen-bond donors (Lipinski definition) is 0. The topological polar surface area (TPSA) is 48.0 Å². The Bertz CT molecular complexity index is 891. The van der Waals surface area contributed by atoms with Gasteiger partial charge in [-0.05, 0) is 59.6 Å². The molecule has 0 spiro atoms. The maximum Gasteiger partial charge on any atom is 0.308 e. The van der Waals surface area contributed by atoms with E-state index in [0.717, 1.165) is 0 Å². The number of carbonyl (C=O) groups excluding carboxylic acids is 1. The molecule has 0 aromatic heterocycles. The number of nitrogens with zero attached hydrogens (tertiary/aromatic N) is 1. The van der Waals surface area contributed by atoms with Crippen LogP contribution in [-0.4, -0.2) is 40.5 Å². The zero-order chi connectivity index (χ0) is 24.2. The normalized spacial score (nSPS) is 22.2. The van der Waals surface area contributed by atoms with Crippen molar-refractivity contribution in [3.05, 3.63) is 71.8 Å². The Labute approximate surface area is 199 Å². The third kappa shape index (κ3) is 7.13. The number of ether oxygens (including phenoxy) is 3. The molecule has 0 amide bonds. The lowest BCUT2D eigenvalue weighted by Gasteiger charge is -2.40. The maximum atomic E-state index is 13.1. The number of hydrogen-bond acceptors (Lipinski definition) is 5. The molecule has 3 rings (SSSR count). The van der Waals surface area contributed by atoms with Gasteiger partial charge < -0.3 is 14.2 Å². The van der Waals surface area contributed by atoms with Crippen LogP contribution in [0.5, 0.6) is 0 Å².